The monoisotopic (exact) mass is 226 g/mol. The van der Waals surface area contributed by atoms with Crippen molar-refractivity contribution in [3.8, 4) is 0 Å². The number of carbonyl (C=O) groups excluding carboxylic acids is 1. The van der Waals surface area contributed by atoms with Gasteiger partial charge in [-0.15, -0.1) is 0 Å². The van der Waals surface area contributed by atoms with Crippen LogP contribution in [0.15, 0.2) is 0 Å². The molecule has 0 rings (SSSR count). The molecule has 3 nitrogen and oxygen atoms in total. The summed E-state index contributed by atoms with van der Waals surface area (Å²) in [5.74, 6) is -0.271. The number of carbonyl (C=O) groups is 1. The van der Waals surface area contributed by atoms with Crippen LogP contribution in [-0.2, 0) is 14.1 Å². The van der Waals surface area contributed by atoms with Gasteiger partial charge >= 0.3 is 5.97 Å². The summed E-state index contributed by atoms with van der Waals surface area (Å²) in [4.78, 5) is 11.1. The molecule has 0 aromatic carbocycles. The molecule has 0 radical (unpaired) electrons. The van der Waals surface area contributed by atoms with Crippen molar-refractivity contribution < 1.29 is 14.1 Å². The SMILES string of the molecule is CCOC(=O)C(C)CCOP(C)Cl. The van der Waals surface area contributed by atoms with E-state index in [4.69, 9.17) is 20.5 Å². The molecule has 0 spiro atoms. The highest BCUT2D eigenvalue weighted by atomic mass is 35.7. The van der Waals surface area contributed by atoms with Gasteiger partial charge in [-0.25, -0.2) is 0 Å². The molecule has 0 aliphatic carbocycles. The first-order valence-corrected chi connectivity index (χ1v) is 6.88. The number of halogens is 1. The summed E-state index contributed by atoms with van der Waals surface area (Å²) in [5, 5.41) is 0. The van der Waals surface area contributed by atoms with Crippen molar-refractivity contribution >= 4 is 24.7 Å². The molecule has 0 amide bonds. The lowest BCUT2D eigenvalue weighted by Gasteiger charge is -2.10. The third kappa shape index (κ3) is 7.24. The van der Waals surface area contributed by atoms with E-state index in [1.165, 1.54) is 0 Å². The fourth-order valence-corrected chi connectivity index (χ4v) is 1.32. The molecule has 2 atom stereocenters. The Hall–Kier alpha value is 0.150. The fourth-order valence-electron chi connectivity index (χ4n) is 0.758. The van der Waals surface area contributed by atoms with Crippen LogP contribution in [0, 0.1) is 5.92 Å². The van der Waals surface area contributed by atoms with Crippen LogP contribution in [0.25, 0.3) is 0 Å². The highest BCUT2D eigenvalue weighted by Crippen LogP contribution is 2.37. The lowest BCUT2D eigenvalue weighted by molar-refractivity contribution is -0.147. The molecule has 0 fully saturated rings. The van der Waals surface area contributed by atoms with E-state index in [1.807, 2.05) is 13.6 Å². The summed E-state index contributed by atoms with van der Waals surface area (Å²) in [5.41, 5.74) is 0. The predicted octanol–water partition coefficient (Wildman–Crippen LogP) is 2.77. The molecule has 2 unspecified atom stereocenters. The van der Waals surface area contributed by atoms with E-state index in [1.54, 1.807) is 6.92 Å². The van der Waals surface area contributed by atoms with Crippen LogP contribution < -0.4 is 0 Å². The molecule has 13 heavy (non-hydrogen) atoms. The molecular weight excluding hydrogens is 211 g/mol. The number of hydrogen-bond donors (Lipinski definition) is 0. The minimum Gasteiger partial charge on any atom is -0.466 e. The smallest absolute Gasteiger partial charge is 0.308 e. The molecule has 0 aliphatic heterocycles. The Balaban J connectivity index is 3.49. The maximum absolute atomic E-state index is 11.1. The van der Waals surface area contributed by atoms with E-state index in [-0.39, 0.29) is 11.9 Å². The van der Waals surface area contributed by atoms with Gasteiger partial charge in [0.05, 0.1) is 19.1 Å². The van der Waals surface area contributed by atoms with E-state index >= 15 is 0 Å². The summed E-state index contributed by atoms with van der Waals surface area (Å²) >= 11 is 5.63. The van der Waals surface area contributed by atoms with Crippen molar-refractivity contribution in [3.63, 3.8) is 0 Å². The molecule has 0 aromatic heterocycles. The van der Waals surface area contributed by atoms with Gasteiger partial charge in [0.2, 0.25) is 0 Å². The summed E-state index contributed by atoms with van der Waals surface area (Å²) in [6, 6.07) is 0. The molecule has 0 saturated heterocycles. The van der Waals surface area contributed by atoms with Gasteiger partial charge in [-0.05, 0) is 20.0 Å². The minimum absolute atomic E-state index is 0.105. The van der Waals surface area contributed by atoms with Gasteiger partial charge in [-0.1, -0.05) is 18.2 Å². The second-order valence-corrected chi connectivity index (χ2v) is 5.22. The van der Waals surface area contributed by atoms with Crippen LogP contribution >= 0.6 is 18.7 Å². The number of hydrogen-bond acceptors (Lipinski definition) is 3. The first kappa shape index (κ1) is 13.2. The van der Waals surface area contributed by atoms with Crippen molar-refractivity contribution in [2.24, 2.45) is 5.92 Å². The van der Waals surface area contributed by atoms with Crippen LogP contribution in [0.2, 0.25) is 0 Å². The molecule has 0 N–H and O–H groups in total. The Morgan fingerprint density at radius 2 is 2.23 bits per heavy atom. The second kappa shape index (κ2) is 7.54. The van der Waals surface area contributed by atoms with Gasteiger partial charge < -0.3 is 9.26 Å². The maximum atomic E-state index is 11.1. The molecule has 0 bridgehead atoms. The minimum atomic E-state index is -0.838. The van der Waals surface area contributed by atoms with Crippen molar-refractivity contribution in [2.45, 2.75) is 20.3 Å². The summed E-state index contributed by atoms with van der Waals surface area (Å²) in [7, 11) is -0.838. The Morgan fingerprint density at radius 3 is 2.69 bits per heavy atom. The molecular formula is C8H16ClO3P. The molecule has 0 heterocycles. The lowest BCUT2D eigenvalue weighted by Crippen LogP contribution is -2.15. The average Bonchev–Trinajstić information content (AvgIpc) is 2.04. The topological polar surface area (TPSA) is 35.5 Å². The standard InChI is InChI=1S/C8H16ClO3P/c1-4-11-8(10)7(2)5-6-12-13(3)9/h7H,4-6H2,1-3H3. The van der Waals surface area contributed by atoms with Gasteiger partial charge in [-0.2, -0.15) is 0 Å². The molecule has 5 heteroatoms. The summed E-state index contributed by atoms with van der Waals surface area (Å²) in [6.45, 7) is 6.39. The molecule has 0 aromatic rings. The van der Waals surface area contributed by atoms with Gasteiger partial charge in [0.25, 0.3) is 0 Å². The van der Waals surface area contributed by atoms with E-state index in [9.17, 15) is 4.79 Å². The van der Waals surface area contributed by atoms with Crippen molar-refractivity contribution in [2.75, 3.05) is 19.9 Å². The summed E-state index contributed by atoms with van der Waals surface area (Å²) < 4.78 is 10.0. The largest absolute Gasteiger partial charge is 0.466 e. The van der Waals surface area contributed by atoms with E-state index in [2.05, 4.69) is 0 Å². The third-order valence-electron chi connectivity index (χ3n) is 1.51. The van der Waals surface area contributed by atoms with Crippen molar-refractivity contribution in [1.82, 2.24) is 0 Å². The van der Waals surface area contributed by atoms with Crippen LogP contribution in [0.4, 0.5) is 0 Å². The normalized spacial score (nSPS) is 15.1. The Morgan fingerprint density at radius 1 is 1.62 bits per heavy atom. The summed E-state index contributed by atoms with van der Waals surface area (Å²) in [6.07, 6.45) is 0.665. The van der Waals surface area contributed by atoms with Crippen LogP contribution in [0.1, 0.15) is 20.3 Å². The number of ether oxygens (including phenoxy) is 1. The Bertz CT molecular complexity index is 152. The van der Waals surface area contributed by atoms with Crippen LogP contribution in [0.3, 0.4) is 0 Å². The van der Waals surface area contributed by atoms with Gasteiger partial charge in [0.15, 0.2) is 0 Å². The van der Waals surface area contributed by atoms with Gasteiger partial charge in [-0.3, -0.25) is 4.79 Å². The van der Waals surface area contributed by atoms with E-state index in [0.29, 0.717) is 19.6 Å². The first-order chi connectivity index (χ1) is 6.07. The first-order valence-electron chi connectivity index (χ1n) is 4.27. The Kier molecular flexibility index (Phi) is 7.63. The highest BCUT2D eigenvalue weighted by molar-refractivity contribution is 7.79. The average molecular weight is 227 g/mol. The Labute approximate surface area is 85.4 Å². The van der Waals surface area contributed by atoms with Crippen molar-refractivity contribution in [3.05, 3.63) is 0 Å². The zero-order valence-corrected chi connectivity index (χ0v) is 9.90. The lowest BCUT2D eigenvalue weighted by atomic mass is 10.1. The third-order valence-corrected chi connectivity index (χ3v) is 2.34. The fraction of sp³-hybridized carbons (Fsp3) is 0.875. The number of rotatable bonds is 6. The molecule has 0 saturated carbocycles. The second-order valence-electron chi connectivity index (χ2n) is 2.70. The quantitative estimate of drug-likeness (QED) is 0.516. The van der Waals surface area contributed by atoms with E-state index in [0.717, 1.165) is 0 Å². The maximum Gasteiger partial charge on any atom is 0.308 e. The van der Waals surface area contributed by atoms with Gasteiger partial charge in [0.1, 0.15) is 7.50 Å². The molecule has 0 aliphatic rings. The molecule has 78 valence electrons. The van der Waals surface area contributed by atoms with E-state index < -0.39 is 7.50 Å². The zero-order chi connectivity index (χ0) is 10.3. The predicted molar refractivity (Wildman–Crippen MR) is 55.1 cm³/mol. The van der Waals surface area contributed by atoms with Gasteiger partial charge in [0, 0.05) is 0 Å². The van der Waals surface area contributed by atoms with Crippen molar-refractivity contribution in [1.29, 1.82) is 0 Å². The van der Waals surface area contributed by atoms with Crippen LogP contribution in [0.5, 0.6) is 0 Å². The highest BCUT2D eigenvalue weighted by Gasteiger charge is 2.13. The van der Waals surface area contributed by atoms with Crippen LogP contribution in [-0.4, -0.2) is 25.8 Å². The zero-order valence-electron chi connectivity index (χ0n) is 8.25. The number of esters is 1.